The summed E-state index contributed by atoms with van der Waals surface area (Å²) in [6.07, 6.45) is 4.96. The number of rotatable bonds is 6. The fourth-order valence-electron chi connectivity index (χ4n) is 3.42. The maximum absolute atomic E-state index is 12.8. The molecule has 8 nitrogen and oxygen atoms in total. The Morgan fingerprint density at radius 2 is 1.75 bits per heavy atom. The summed E-state index contributed by atoms with van der Waals surface area (Å²) < 4.78 is 0. The number of carboxylic acids is 2. The average molecular weight is 440 g/mol. The Balaban J connectivity index is 0.000000390. The standard InChI is InChI=1S/C20H25N3O.C4H4O4/c1-22(2)10-9-15-11-19-18(20(24)23(3)14-15)12-17(13-21-19)16-7-5-4-6-8-16;5-3(6)1-2-4(7)8/h4-8,12-13,15H,9-11,14H2,1-3H3;1-2H,(H,5,6)(H,7,8)/b;2-1+. The quantitative estimate of drug-likeness (QED) is 0.666. The SMILES string of the molecule is CN(C)CCC1Cc2ncc(-c3ccccc3)cc2C(=O)N(C)C1.O=C(O)/C=C/C(=O)O. The lowest BCUT2D eigenvalue weighted by atomic mass is 9.97. The van der Waals surface area contributed by atoms with Crippen LogP contribution in [0.5, 0.6) is 0 Å². The maximum atomic E-state index is 12.8. The van der Waals surface area contributed by atoms with E-state index in [1.807, 2.05) is 54.5 Å². The zero-order valence-electron chi connectivity index (χ0n) is 18.6. The van der Waals surface area contributed by atoms with Crippen LogP contribution in [0, 0.1) is 5.92 Å². The second kappa shape index (κ2) is 11.8. The van der Waals surface area contributed by atoms with Crippen LogP contribution >= 0.6 is 0 Å². The van der Waals surface area contributed by atoms with Gasteiger partial charge in [0.15, 0.2) is 0 Å². The Labute approximate surface area is 187 Å². The molecule has 0 saturated carbocycles. The van der Waals surface area contributed by atoms with Gasteiger partial charge < -0.3 is 20.0 Å². The molecule has 0 radical (unpaired) electrons. The van der Waals surface area contributed by atoms with Gasteiger partial charge in [-0.1, -0.05) is 30.3 Å². The monoisotopic (exact) mass is 439 g/mol. The Morgan fingerprint density at radius 3 is 2.31 bits per heavy atom. The van der Waals surface area contributed by atoms with Gasteiger partial charge in [-0.3, -0.25) is 9.78 Å². The van der Waals surface area contributed by atoms with E-state index in [1.54, 1.807) is 0 Å². The average Bonchev–Trinajstić information content (AvgIpc) is 2.88. The third kappa shape index (κ3) is 7.63. The van der Waals surface area contributed by atoms with E-state index in [2.05, 4.69) is 24.0 Å². The lowest BCUT2D eigenvalue weighted by molar-refractivity contribution is -0.134. The summed E-state index contributed by atoms with van der Waals surface area (Å²) in [5.74, 6) is -1.97. The van der Waals surface area contributed by atoms with Crippen molar-refractivity contribution in [2.24, 2.45) is 5.92 Å². The molecule has 1 aromatic heterocycles. The van der Waals surface area contributed by atoms with Crippen LogP contribution in [0.1, 0.15) is 22.5 Å². The van der Waals surface area contributed by atoms with E-state index in [0.717, 1.165) is 48.3 Å². The molecule has 3 rings (SSSR count). The number of aromatic nitrogens is 1. The predicted molar refractivity (Wildman–Crippen MR) is 121 cm³/mol. The Morgan fingerprint density at radius 1 is 1.12 bits per heavy atom. The molecule has 1 aromatic carbocycles. The van der Waals surface area contributed by atoms with Crippen LogP contribution < -0.4 is 0 Å². The summed E-state index contributed by atoms with van der Waals surface area (Å²) in [7, 11) is 6.07. The first-order valence-corrected chi connectivity index (χ1v) is 10.3. The second-order valence-corrected chi connectivity index (χ2v) is 7.94. The molecule has 2 aromatic rings. The van der Waals surface area contributed by atoms with Crippen molar-refractivity contribution in [1.82, 2.24) is 14.8 Å². The fourth-order valence-corrected chi connectivity index (χ4v) is 3.42. The minimum Gasteiger partial charge on any atom is -0.478 e. The summed E-state index contributed by atoms with van der Waals surface area (Å²) in [6, 6.07) is 12.1. The molecule has 0 bridgehead atoms. The number of amides is 1. The third-order valence-electron chi connectivity index (χ3n) is 5.02. The van der Waals surface area contributed by atoms with E-state index >= 15 is 0 Å². The third-order valence-corrected chi connectivity index (χ3v) is 5.02. The Bertz CT molecular complexity index is 957. The van der Waals surface area contributed by atoms with Gasteiger partial charge in [-0.05, 0) is 51.0 Å². The summed E-state index contributed by atoms with van der Waals surface area (Å²) in [4.78, 5) is 40.6. The molecule has 32 heavy (non-hydrogen) atoms. The number of nitrogens with zero attached hydrogens (tertiary/aromatic N) is 3. The van der Waals surface area contributed by atoms with Crippen molar-refractivity contribution in [3.63, 3.8) is 0 Å². The van der Waals surface area contributed by atoms with Crippen molar-refractivity contribution in [2.45, 2.75) is 12.8 Å². The topological polar surface area (TPSA) is 111 Å². The smallest absolute Gasteiger partial charge is 0.328 e. The van der Waals surface area contributed by atoms with E-state index < -0.39 is 11.9 Å². The zero-order valence-corrected chi connectivity index (χ0v) is 18.6. The summed E-state index contributed by atoms with van der Waals surface area (Å²) in [5, 5.41) is 15.6. The van der Waals surface area contributed by atoms with Gasteiger partial charge in [0.05, 0.1) is 11.3 Å². The van der Waals surface area contributed by atoms with Gasteiger partial charge in [-0.2, -0.15) is 0 Å². The molecular formula is C24H29N3O5. The van der Waals surface area contributed by atoms with Gasteiger partial charge in [-0.25, -0.2) is 9.59 Å². The highest BCUT2D eigenvalue weighted by atomic mass is 16.4. The van der Waals surface area contributed by atoms with Crippen LogP contribution in [0.2, 0.25) is 0 Å². The summed E-state index contributed by atoms with van der Waals surface area (Å²) in [5.41, 5.74) is 3.79. The molecule has 0 aliphatic carbocycles. The van der Waals surface area contributed by atoms with Crippen molar-refractivity contribution < 1.29 is 24.6 Å². The maximum Gasteiger partial charge on any atom is 0.328 e. The van der Waals surface area contributed by atoms with Crippen molar-refractivity contribution in [1.29, 1.82) is 0 Å². The van der Waals surface area contributed by atoms with Crippen molar-refractivity contribution in [3.05, 3.63) is 66.0 Å². The molecule has 1 aliphatic rings. The molecule has 170 valence electrons. The number of carbonyl (C=O) groups is 3. The Kier molecular flexibility index (Phi) is 9.09. The van der Waals surface area contributed by atoms with Gasteiger partial charge in [0.25, 0.3) is 5.91 Å². The van der Waals surface area contributed by atoms with Crippen molar-refractivity contribution in [2.75, 3.05) is 34.2 Å². The number of fused-ring (bicyclic) bond motifs is 1. The molecule has 1 unspecified atom stereocenters. The fraction of sp³-hybridized carbons (Fsp3) is 0.333. The van der Waals surface area contributed by atoms with Gasteiger partial charge in [0.1, 0.15) is 0 Å². The molecular weight excluding hydrogens is 410 g/mol. The van der Waals surface area contributed by atoms with Crippen LogP contribution in [0.15, 0.2) is 54.7 Å². The van der Waals surface area contributed by atoms with Crippen molar-refractivity contribution in [3.8, 4) is 11.1 Å². The van der Waals surface area contributed by atoms with E-state index in [9.17, 15) is 14.4 Å². The first-order valence-electron chi connectivity index (χ1n) is 10.3. The highest BCUT2D eigenvalue weighted by Gasteiger charge is 2.26. The second-order valence-electron chi connectivity index (χ2n) is 7.94. The van der Waals surface area contributed by atoms with Crippen molar-refractivity contribution >= 4 is 17.8 Å². The van der Waals surface area contributed by atoms with E-state index in [-0.39, 0.29) is 5.91 Å². The first kappa shape index (κ1) is 24.7. The molecule has 0 fully saturated rings. The van der Waals surface area contributed by atoms with Crippen LogP contribution in [0.4, 0.5) is 0 Å². The minimum atomic E-state index is -1.26. The van der Waals surface area contributed by atoms with Crippen LogP contribution in [-0.4, -0.2) is 77.1 Å². The molecule has 1 aliphatic heterocycles. The molecule has 8 heteroatoms. The van der Waals surface area contributed by atoms with E-state index in [1.165, 1.54) is 0 Å². The number of aliphatic carboxylic acids is 2. The first-order chi connectivity index (χ1) is 15.2. The molecule has 2 N–H and O–H groups in total. The lowest BCUT2D eigenvalue weighted by Gasteiger charge is -2.21. The van der Waals surface area contributed by atoms with Crippen LogP contribution in [0.3, 0.4) is 0 Å². The van der Waals surface area contributed by atoms with Gasteiger partial charge in [-0.15, -0.1) is 0 Å². The molecule has 1 atom stereocenters. The van der Waals surface area contributed by atoms with Crippen LogP contribution in [-0.2, 0) is 16.0 Å². The molecule has 0 saturated heterocycles. The van der Waals surface area contributed by atoms with Gasteiger partial charge in [0.2, 0.25) is 0 Å². The lowest BCUT2D eigenvalue weighted by Crippen LogP contribution is -2.31. The summed E-state index contributed by atoms with van der Waals surface area (Å²) in [6.45, 7) is 1.83. The molecule has 1 amide bonds. The number of benzene rings is 1. The zero-order chi connectivity index (χ0) is 23.7. The molecule has 2 heterocycles. The van der Waals surface area contributed by atoms with E-state index in [4.69, 9.17) is 10.2 Å². The number of hydrogen-bond donors (Lipinski definition) is 2. The van der Waals surface area contributed by atoms with E-state index in [0.29, 0.717) is 18.1 Å². The van der Waals surface area contributed by atoms with Gasteiger partial charge >= 0.3 is 11.9 Å². The number of pyridine rings is 1. The normalized spacial score (nSPS) is 15.7. The summed E-state index contributed by atoms with van der Waals surface area (Å²) >= 11 is 0. The Hall–Kier alpha value is -3.52. The largest absolute Gasteiger partial charge is 0.478 e. The number of hydrogen-bond acceptors (Lipinski definition) is 5. The highest BCUT2D eigenvalue weighted by molar-refractivity contribution is 5.96. The predicted octanol–water partition coefficient (Wildman–Crippen LogP) is 2.66. The number of carboxylic acid groups (broad SMARTS) is 2. The van der Waals surface area contributed by atoms with Crippen LogP contribution in [0.25, 0.3) is 11.1 Å². The molecule has 0 spiro atoms. The highest BCUT2D eigenvalue weighted by Crippen LogP contribution is 2.26. The van der Waals surface area contributed by atoms with Gasteiger partial charge in [0, 0.05) is 37.5 Å². The number of carbonyl (C=O) groups excluding carboxylic acids is 1. The minimum absolute atomic E-state index is 0.0858.